The third-order valence-corrected chi connectivity index (χ3v) is 5.45. The molecular weight excluding hydrogens is 310 g/mol. The molecule has 0 aromatic heterocycles. The molecule has 0 bridgehead atoms. The Labute approximate surface area is 148 Å². The highest BCUT2D eigenvalue weighted by atomic mass is 16.2. The van der Waals surface area contributed by atoms with Crippen LogP contribution in [0.15, 0.2) is 48.5 Å². The van der Waals surface area contributed by atoms with Gasteiger partial charge in [-0.3, -0.25) is 4.79 Å². The van der Waals surface area contributed by atoms with E-state index in [-0.39, 0.29) is 17.9 Å². The van der Waals surface area contributed by atoms with E-state index >= 15 is 0 Å². The van der Waals surface area contributed by atoms with E-state index in [2.05, 4.69) is 53.8 Å². The topological polar surface area (TPSA) is 46.2 Å². The third-order valence-electron chi connectivity index (χ3n) is 5.45. The molecule has 2 aliphatic rings. The van der Waals surface area contributed by atoms with Crippen molar-refractivity contribution >= 4 is 12.2 Å². The molecule has 1 amide bonds. The molecule has 1 saturated carbocycles. The summed E-state index contributed by atoms with van der Waals surface area (Å²) in [5, 5.41) is 3.07. The molecule has 1 N–H and O–H groups in total. The van der Waals surface area contributed by atoms with E-state index in [1.165, 1.54) is 29.5 Å². The Hall–Kier alpha value is -2.42. The number of nitrogens with one attached hydrogen (secondary N) is 1. The molecule has 25 heavy (non-hydrogen) atoms. The zero-order chi connectivity index (χ0) is 17.2. The van der Waals surface area contributed by atoms with E-state index in [1.54, 1.807) is 0 Å². The van der Waals surface area contributed by atoms with Crippen LogP contribution in [-0.2, 0) is 9.59 Å². The zero-order valence-electron chi connectivity index (χ0n) is 14.3. The molecule has 2 aromatic carbocycles. The van der Waals surface area contributed by atoms with E-state index in [0.29, 0.717) is 12.8 Å². The van der Waals surface area contributed by atoms with Crippen LogP contribution in [0.5, 0.6) is 0 Å². The summed E-state index contributed by atoms with van der Waals surface area (Å²) < 4.78 is 0. The quantitative estimate of drug-likeness (QED) is 0.797. The lowest BCUT2D eigenvalue weighted by atomic mass is 9.89. The first kappa shape index (κ1) is 16.1. The van der Waals surface area contributed by atoms with E-state index in [1.807, 2.05) is 0 Å². The molecule has 2 unspecified atom stereocenters. The van der Waals surface area contributed by atoms with Crippen molar-refractivity contribution in [3.63, 3.8) is 0 Å². The van der Waals surface area contributed by atoms with Crippen molar-refractivity contribution in [2.24, 2.45) is 5.92 Å². The molecule has 1 saturated heterocycles. The summed E-state index contributed by atoms with van der Waals surface area (Å²) in [7, 11) is 0. The fraction of sp³-hybridized carbons (Fsp3) is 0.364. The largest absolute Gasteiger partial charge is 0.349 e. The summed E-state index contributed by atoms with van der Waals surface area (Å²) in [5.74, 6) is 1.02. The van der Waals surface area contributed by atoms with Gasteiger partial charge in [0.2, 0.25) is 5.91 Å². The number of hydrogen-bond acceptors (Lipinski definition) is 2. The summed E-state index contributed by atoms with van der Waals surface area (Å²) in [6, 6.07) is 17.3. The standard InChI is InChI=1S/C22H23NO2/c24-13-3-4-18-14-21(25)23-22(18)17-11-9-16(10-12-17)20-6-2-1-5-19(20)15-7-8-15/h1-2,5-6,9-13,15,18,22H,3-4,7-8,14H2,(H,23,25). The summed E-state index contributed by atoms with van der Waals surface area (Å²) in [6.07, 6.45) is 5.33. The molecule has 0 spiro atoms. The average molecular weight is 333 g/mol. The number of carbonyl (C=O) groups excluding carboxylic acids is 2. The Morgan fingerprint density at radius 1 is 1.04 bits per heavy atom. The van der Waals surface area contributed by atoms with Crippen LogP contribution in [0, 0.1) is 5.92 Å². The van der Waals surface area contributed by atoms with Gasteiger partial charge in [-0.1, -0.05) is 48.5 Å². The lowest BCUT2D eigenvalue weighted by Gasteiger charge is -2.19. The van der Waals surface area contributed by atoms with Crippen LogP contribution in [-0.4, -0.2) is 12.2 Å². The summed E-state index contributed by atoms with van der Waals surface area (Å²) >= 11 is 0. The van der Waals surface area contributed by atoms with Gasteiger partial charge in [-0.25, -0.2) is 0 Å². The lowest BCUT2D eigenvalue weighted by molar-refractivity contribution is -0.119. The van der Waals surface area contributed by atoms with Crippen LogP contribution in [0.4, 0.5) is 0 Å². The van der Waals surface area contributed by atoms with E-state index in [4.69, 9.17) is 0 Å². The van der Waals surface area contributed by atoms with Crippen LogP contribution >= 0.6 is 0 Å². The first-order chi connectivity index (χ1) is 12.3. The van der Waals surface area contributed by atoms with Gasteiger partial charge < -0.3 is 10.1 Å². The first-order valence-corrected chi connectivity index (χ1v) is 9.18. The molecule has 2 aromatic rings. The number of carbonyl (C=O) groups is 2. The van der Waals surface area contributed by atoms with Gasteiger partial charge in [0.1, 0.15) is 6.29 Å². The number of hydrogen-bond donors (Lipinski definition) is 1. The molecule has 2 fully saturated rings. The van der Waals surface area contributed by atoms with E-state index < -0.39 is 0 Å². The van der Waals surface area contributed by atoms with Crippen LogP contribution < -0.4 is 5.32 Å². The number of aldehydes is 1. The number of amides is 1. The molecule has 1 aliphatic carbocycles. The van der Waals surface area contributed by atoms with Crippen LogP contribution in [0.2, 0.25) is 0 Å². The fourth-order valence-electron chi connectivity index (χ4n) is 3.99. The second kappa shape index (κ2) is 6.83. The minimum atomic E-state index is 0.0279. The van der Waals surface area contributed by atoms with E-state index in [9.17, 15) is 9.59 Å². The molecule has 1 heterocycles. The van der Waals surface area contributed by atoms with Gasteiger partial charge in [0, 0.05) is 12.8 Å². The lowest BCUT2D eigenvalue weighted by Crippen LogP contribution is -2.20. The highest BCUT2D eigenvalue weighted by Gasteiger charge is 2.33. The number of rotatable bonds is 6. The third kappa shape index (κ3) is 3.37. The predicted octanol–water partition coefficient (Wildman–Crippen LogP) is 4.39. The number of benzene rings is 2. The summed E-state index contributed by atoms with van der Waals surface area (Å²) in [4.78, 5) is 22.5. The van der Waals surface area contributed by atoms with Gasteiger partial charge in [-0.05, 0) is 53.4 Å². The van der Waals surface area contributed by atoms with Gasteiger partial charge in [0.25, 0.3) is 0 Å². The van der Waals surface area contributed by atoms with Crippen molar-refractivity contribution in [2.75, 3.05) is 0 Å². The molecular formula is C22H23NO2. The van der Waals surface area contributed by atoms with Gasteiger partial charge in [0.05, 0.1) is 6.04 Å². The van der Waals surface area contributed by atoms with Gasteiger partial charge in [-0.2, -0.15) is 0 Å². The molecule has 3 nitrogen and oxygen atoms in total. The molecule has 0 radical (unpaired) electrons. The molecule has 128 valence electrons. The van der Waals surface area contributed by atoms with Gasteiger partial charge in [0.15, 0.2) is 0 Å². The maximum atomic E-state index is 11.8. The van der Waals surface area contributed by atoms with Crippen LogP contribution in [0.25, 0.3) is 11.1 Å². The normalized spacial score (nSPS) is 22.6. The molecule has 2 atom stereocenters. The van der Waals surface area contributed by atoms with Crippen molar-refractivity contribution in [3.05, 3.63) is 59.7 Å². The van der Waals surface area contributed by atoms with Crippen molar-refractivity contribution in [1.29, 1.82) is 0 Å². The first-order valence-electron chi connectivity index (χ1n) is 9.18. The Morgan fingerprint density at radius 3 is 2.52 bits per heavy atom. The smallest absolute Gasteiger partial charge is 0.220 e. The average Bonchev–Trinajstić information content (AvgIpc) is 3.43. The van der Waals surface area contributed by atoms with Crippen molar-refractivity contribution in [3.8, 4) is 11.1 Å². The summed E-state index contributed by atoms with van der Waals surface area (Å²) in [6.45, 7) is 0. The van der Waals surface area contributed by atoms with Crippen LogP contribution in [0.3, 0.4) is 0 Å². The predicted molar refractivity (Wildman–Crippen MR) is 98.1 cm³/mol. The minimum absolute atomic E-state index is 0.0279. The molecule has 1 aliphatic heterocycles. The Bertz CT molecular complexity index is 777. The Kier molecular flexibility index (Phi) is 4.39. The van der Waals surface area contributed by atoms with Gasteiger partial charge in [-0.15, -0.1) is 0 Å². The minimum Gasteiger partial charge on any atom is -0.349 e. The highest BCUT2D eigenvalue weighted by Crippen LogP contribution is 2.44. The highest BCUT2D eigenvalue weighted by molar-refractivity contribution is 5.79. The van der Waals surface area contributed by atoms with Crippen molar-refractivity contribution in [1.82, 2.24) is 5.32 Å². The fourth-order valence-corrected chi connectivity index (χ4v) is 3.99. The van der Waals surface area contributed by atoms with Gasteiger partial charge >= 0.3 is 0 Å². The molecule has 4 rings (SSSR count). The van der Waals surface area contributed by atoms with Crippen molar-refractivity contribution in [2.45, 2.75) is 44.1 Å². The monoisotopic (exact) mass is 333 g/mol. The SMILES string of the molecule is O=CCCC1CC(=O)NC1c1ccc(-c2ccccc2C2CC2)cc1. The Balaban J connectivity index is 1.58. The van der Waals surface area contributed by atoms with Crippen LogP contribution in [0.1, 0.15) is 55.2 Å². The van der Waals surface area contributed by atoms with Crippen molar-refractivity contribution < 1.29 is 9.59 Å². The Morgan fingerprint density at radius 2 is 1.80 bits per heavy atom. The van der Waals surface area contributed by atoms with E-state index in [0.717, 1.165) is 24.2 Å². The summed E-state index contributed by atoms with van der Waals surface area (Å²) in [5.41, 5.74) is 5.15. The maximum absolute atomic E-state index is 11.8. The second-order valence-corrected chi connectivity index (χ2v) is 7.24. The molecule has 3 heteroatoms. The maximum Gasteiger partial charge on any atom is 0.220 e. The second-order valence-electron chi connectivity index (χ2n) is 7.24. The zero-order valence-corrected chi connectivity index (χ0v) is 14.3.